The molecule has 0 radical (unpaired) electrons. The van der Waals surface area contributed by atoms with Crippen LogP contribution >= 0.6 is 0 Å². The third kappa shape index (κ3) is 3.66. The molecule has 0 aliphatic carbocycles. The molecule has 1 amide bonds. The van der Waals surface area contributed by atoms with Gasteiger partial charge in [0.15, 0.2) is 0 Å². The Kier molecular flexibility index (Phi) is 5.08. The number of amides is 1. The predicted octanol–water partition coefficient (Wildman–Crippen LogP) is 1.73. The molecule has 1 fully saturated rings. The van der Waals surface area contributed by atoms with Crippen LogP contribution < -0.4 is 10.6 Å². The molecule has 5 heteroatoms. The predicted molar refractivity (Wildman–Crippen MR) is 86.7 cm³/mol. The van der Waals surface area contributed by atoms with Crippen molar-refractivity contribution in [2.45, 2.75) is 38.9 Å². The Morgan fingerprint density at radius 1 is 1.45 bits per heavy atom. The van der Waals surface area contributed by atoms with E-state index in [1.807, 2.05) is 12.1 Å². The summed E-state index contributed by atoms with van der Waals surface area (Å²) in [4.78, 5) is 14.7. The van der Waals surface area contributed by atoms with E-state index in [-0.39, 0.29) is 11.9 Å². The number of rotatable bonds is 5. The molecule has 22 heavy (non-hydrogen) atoms. The number of hydrogen-bond acceptors (Lipinski definition) is 4. The lowest BCUT2D eigenvalue weighted by Crippen LogP contribution is -2.43. The molecule has 120 valence electrons. The molecule has 1 aromatic rings. The second-order valence-electron chi connectivity index (χ2n) is 6.13. The van der Waals surface area contributed by atoms with Gasteiger partial charge in [0.05, 0.1) is 13.2 Å². The van der Waals surface area contributed by atoms with Crippen molar-refractivity contribution >= 4 is 11.6 Å². The Morgan fingerprint density at radius 2 is 2.36 bits per heavy atom. The van der Waals surface area contributed by atoms with Gasteiger partial charge in [0.25, 0.3) is 0 Å². The van der Waals surface area contributed by atoms with Crippen LogP contribution in [0.1, 0.15) is 30.9 Å². The third-order valence-electron chi connectivity index (χ3n) is 4.29. The molecule has 1 atom stereocenters. The van der Waals surface area contributed by atoms with Gasteiger partial charge in [-0.1, -0.05) is 19.1 Å². The minimum absolute atomic E-state index is 0.0605. The number of nitrogens with one attached hydrogen (secondary N) is 2. The van der Waals surface area contributed by atoms with E-state index in [4.69, 9.17) is 4.74 Å². The van der Waals surface area contributed by atoms with Crippen molar-refractivity contribution in [3.05, 3.63) is 29.3 Å². The van der Waals surface area contributed by atoms with Gasteiger partial charge in [-0.2, -0.15) is 0 Å². The molecule has 5 nitrogen and oxygen atoms in total. The van der Waals surface area contributed by atoms with E-state index in [2.05, 4.69) is 28.5 Å². The van der Waals surface area contributed by atoms with E-state index in [1.165, 1.54) is 11.1 Å². The molecule has 1 aromatic carbocycles. The normalized spacial score (nSPS) is 21.6. The summed E-state index contributed by atoms with van der Waals surface area (Å²) in [6.45, 7) is 7.40. The maximum Gasteiger partial charge on any atom is 0.226 e. The van der Waals surface area contributed by atoms with Gasteiger partial charge >= 0.3 is 0 Å². The number of benzene rings is 1. The molecular weight excluding hydrogens is 278 g/mol. The van der Waals surface area contributed by atoms with E-state index in [0.717, 1.165) is 44.9 Å². The molecule has 1 saturated heterocycles. The van der Waals surface area contributed by atoms with E-state index in [9.17, 15) is 4.79 Å². The lowest BCUT2D eigenvalue weighted by molar-refractivity contribution is -0.117. The number of morpholine rings is 1. The highest BCUT2D eigenvalue weighted by molar-refractivity contribution is 5.92. The summed E-state index contributed by atoms with van der Waals surface area (Å²) in [5.74, 6) is 0.0605. The van der Waals surface area contributed by atoms with Crippen molar-refractivity contribution in [1.29, 1.82) is 0 Å². The monoisotopic (exact) mass is 303 g/mol. The quantitative estimate of drug-likeness (QED) is 0.870. The lowest BCUT2D eigenvalue weighted by Gasteiger charge is -2.23. The molecule has 3 rings (SSSR count). The van der Waals surface area contributed by atoms with Crippen molar-refractivity contribution in [3.8, 4) is 0 Å². The van der Waals surface area contributed by atoms with Crippen molar-refractivity contribution in [3.63, 3.8) is 0 Å². The highest BCUT2D eigenvalue weighted by atomic mass is 16.5. The number of ether oxygens (including phenoxy) is 1. The van der Waals surface area contributed by atoms with Gasteiger partial charge in [0.2, 0.25) is 5.91 Å². The maximum atomic E-state index is 12.3. The van der Waals surface area contributed by atoms with E-state index >= 15 is 0 Å². The van der Waals surface area contributed by atoms with E-state index < -0.39 is 0 Å². The SMILES string of the molecule is CCCN1Cc2cccc(NC(=O)CC3COCCN3)c2C1. The fraction of sp³-hybridized carbons (Fsp3) is 0.588. The number of carbonyl (C=O) groups is 1. The van der Waals surface area contributed by atoms with Crippen molar-refractivity contribution in [2.24, 2.45) is 0 Å². The summed E-state index contributed by atoms with van der Waals surface area (Å²) in [6, 6.07) is 6.34. The molecule has 2 heterocycles. The van der Waals surface area contributed by atoms with Gasteiger partial charge in [0, 0.05) is 37.8 Å². The van der Waals surface area contributed by atoms with Gasteiger partial charge in [-0.25, -0.2) is 0 Å². The van der Waals surface area contributed by atoms with Crippen LogP contribution in [0.25, 0.3) is 0 Å². The number of nitrogens with zero attached hydrogens (tertiary/aromatic N) is 1. The van der Waals surface area contributed by atoms with E-state index in [0.29, 0.717) is 13.0 Å². The van der Waals surface area contributed by atoms with Crippen LogP contribution in [0.3, 0.4) is 0 Å². The van der Waals surface area contributed by atoms with Gasteiger partial charge in [-0.15, -0.1) is 0 Å². The standard InChI is InChI=1S/C17H25N3O2/c1-2-7-20-10-13-4-3-5-16(15(13)11-20)19-17(21)9-14-12-22-8-6-18-14/h3-5,14,18H,2,6-12H2,1H3,(H,19,21). The van der Waals surface area contributed by atoms with Gasteiger partial charge < -0.3 is 15.4 Å². The minimum Gasteiger partial charge on any atom is -0.378 e. The smallest absolute Gasteiger partial charge is 0.226 e. The average Bonchev–Trinajstić information content (AvgIpc) is 2.92. The molecule has 1 unspecified atom stereocenters. The fourth-order valence-corrected chi connectivity index (χ4v) is 3.26. The Labute approximate surface area is 132 Å². The summed E-state index contributed by atoms with van der Waals surface area (Å²) in [5, 5.41) is 6.41. The number of fused-ring (bicyclic) bond motifs is 1. The molecule has 0 aromatic heterocycles. The zero-order valence-electron chi connectivity index (χ0n) is 13.2. The maximum absolute atomic E-state index is 12.3. The van der Waals surface area contributed by atoms with Crippen LogP contribution in [0.15, 0.2) is 18.2 Å². The summed E-state index contributed by atoms with van der Waals surface area (Å²) in [7, 11) is 0. The first kappa shape index (κ1) is 15.5. The summed E-state index contributed by atoms with van der Waals surface area (Å²) in [6.07, 6.45) is 1.62. The average molecular weight is 303 g/mol. The highest BCUT2D eigenvalue weighted by Crippen LogP contribution is 2.29. The Balaban J connectivity index is 1.61. The molecule has 0 saturated carbocycles. The second-order valence-corrected chi connectivity index (χ2v) is 6.13. The molecule has 2 N–H and O–H groups in total. The van der Waals surface area contributed by atoms with Crippen LogP contribution in [-0.4, -0.2) is 43.2 Å². The fourth-order valence-electron chi connectivity index (χ4n) is 3.26. The second kappa shape index (κ2) is 7.22. The first-order chi connectivity index (χ1) is 10.8. The van der Waals surface area contributed by atoms with Crippen LogP contribution in [0.5, 0.6) is 0 Å². The van der Waals surface area contributed by atoms with Crippen LogP contribution in [-0.2, 0) is 22.6 Å². The van der Waals surface area contributed by atoms with Crippen molar-refractivity contribution < 1.29 is 9.53 Å². The first-order valence-electron chi connectivity index (χ1n) is 8.20. The van der Waals surface area contributed by atoms with Crippen molar-refractivity contribution in [2.75, 3.05) is 31.6 Å². The van der Waals surface area contributed by atoms with Gasteiger partial charge in [0.1, 0.15) is 0 Å². The molecule has 2 aliphatic heterocycles. The number of carbonyl (C=O) groups excluding carboxylic acids is 1. The topological polar surface area (TPSA) is 53.6 Å². The summed E-state index contributed by atoms with van der Waals surface area (Å²) in [5.41, 5.74) is 3.58. The minimum atomic E-state index is 0.0605. The zero-order valence-corrected chi connectivity index (χ0v) is 13.2. The van der Waals surface area contributed by atoms with Crippen LogP contribution in [0.4, 0.5) is 5.69 Å². The summed E-state index contributed by atoms with van der Waals surface area (Å²) >= 11 is 0. The first-order valence-corrected chi connectivity index (χ1v) is 8.20. The highest BCUT2D eigenvalue weighted by Gasteiger charge is 2.22. The summed E-state index contributed by atoms with van der Waals surface area (Å²) < 4.78 is 5.40. The largest absolute Gasteiger partial charge is 0.378 e. The molecule has 0 spiro atoms. The van der Waals surface area contributed by atoms with E-state index in [1.54, 1.807) is 0 Å². The molecule has 2 aliphatic rings. The zero-order chi connectivity index (χ0) is 15.4. The third-order valence-corrected chi connectivity index (χ3v) is 4.29. The van der Waals surface area contributed by atoms with Crippen molar-refractivity contribution in [1.82, 2.24) is 10.2 Å². The number of anilines is 1. The number of hydrogen-bond donors (Lipinski definition) is 2. The lowest BCUT2D eigenvalue weighted by atomic mass is 10.1. The molecule has 0 bridgehead atoms. The Morgan fingerprint density at radius 3 is 3.14 bits per heavy atom. The Bertz CT molecular complexity index is 527. The van der Waals surface area contributed by atoms with Gasteiger partial charge in [-0.3, -0.25) is 9.69 Å². The van der Waals surface area contributed by atoms with Crippen LogP contribution in [0, 0.1) is 0 Å². The molecular formula is C17H25N3O2. The Hall–Kier alpha value is -1.43. The van der Waals surface area contributed by atoms with Crippen LogP contribution in [0.2, 0.25) is 0 Å². The van der Waals surface area contributed by atoms with Gasteiger partial charge in [-0.05, 0) is 30.2 Å².